The van der Waals surface area contributed by atoms with Gasteiger partial charge < -0.3 is 14.2 Å². The van der Waals surface area contributed by atoms with Gasteiger partial charge in [-0.05, 0) is 18.2 Å². The third kappa shape index (κ3) is 1.67. The highest BCUT2D eigenvalue weighted by molar-refractivity contribution is 5.86. The zero-order chi connectivity index (χ0) is 12.5. The lowest BCUT2D eigenvalue weighted by Crippen LogP contribution is -2.03. The van der Waals surface area contributed by atoms with Crippen molar-refractivity contribution in [3.8, 4) is 17.2 Å². The molecule has 0 bridgehead atoms. The lowest BCUT2D eigenvalue weighted by atomic mass is 10.3. The van der Waals surface area contributed by atoms with Crippen LogP contribution in [0, 0.1) is 0 Å². The molecule has 0 amide bonds. The largest absolute Gasteiger partial charge is 0.464 e. The summed E-state index contributed by atoms with van der Waals surface area (Å²) >= 11 is 0. The summed E-state index contributed by atoms with van der Waals surface area (Å²) in [6, 6.07) is 7.03. The number of hydrogen-bond acceptors (Lipinski definition) is 5. The van der Waals surface area contributed by atoms with Crippen LogP contribution in [0.5, 0.6) is 11.5 Å². The molecule has 1 aliphatic rings. The van der Waals surface area contributed by atoms with Crippen LogP contribution in [0.4, 0.5) is 0 Å². The number of carbonyl (C=O) groups is 1. The van der Waals surface area contributed by atoms with E-state index in [1.54, 1.807) is 29.1 Å². The predicted molar refractivity (Wildman–Crippen MR) is 61.0 cm³/mol. The van der Waals surface area contributed by atoms with E-state index >= 15 is 0 Å². The maximum Gasteiger partial charge on any atom is 0.358 e. The molecule has 0 atom stereocenters. The van der Waals surface area contributed by atoms with E-state index in [4.69, 9.17) is 9.47 Å². The van der Waals surface area contributed by atoms with Crippen LogP contribution in [0.1, 0.15) is 10.5 Å². The van der Waals surface area contributed by atoms with Crippen molar-refractivity contribution in [1.82, 2.24) is 9.78 Å². The molecule has 2 heterocycles. The molecule has 92 valence electrons. The maximum atomic E-state index is 11.3. The van der Waals surface area contributed by atoms with Gasteiger partial charge in [0.15, 0.2) is 17.2 Å². The number of rotatable bonds is 2. The topological polar surface area (TPSA) is 62.6 Å². The molecule has 0 unspecified atom stereocenters. The summed E-state index contributed by atoms with van der Waals surface area (Å²) in [6.45, 7) is 0.227. The Kier molecular flexibility index (Phi) is 2.40. The monoisotopic (exact) mass is 246 g/mol. The first kappa shape index (κ1) is 10.6. The van der Waals surface area contributed by atoms with E-state index in [-0.39, 0.29) is 12.5 Å². The number of esters is 1. The highest BCUT2D eigenvalue weighted by Gasteiger charge is 2.15. The summed E-state index contributed by atoms with van der Waals surface area (Å²) < 4.78 is 16.7. The van der Waals surface area contributed by atoms with E-state index in [0.29, 0.717) is 11.5 Å². The van der Waals surface area contributed by atoms with Crippen LogP contribution in [-0.2, 0) is 4.74 Å². The van der Waals surface area contributed by atoms with Crippen molar-refractivity contribution in [2.24, 2.45) is 0 Å². The fourth-order valence-electron chi connectivity index (χ4n) is 1.71. The molecule has 6 heteroatoms. The standard InChI is InChI=1S/C12H10N2O4/c1-16-12(15)9-4-5-14(13-9)8-2-3-10-11(6-8)18-7-17-10/h2-6H,7H2,1H3. The zero-order valence-corrected chi connectivity index (χ0v) is 9.62. The van der Waals surface area contributed by atoms with Crippen LogP contribution in [0.2, 0.25) is 0 Å². The smallest absolute Gasteiger partial charge is 0.358 e. The minimum Gasteiger partial charge on any atom is -0.464 e. The average Bonchev–Trinajstić information content (AvgIpc) is 3.05. The fraction of sp³-hybridized carbons (Fsp3) is 0.167. The van der Waals surface area contributed by atoms with Crippen molar-refractivity contribution in [2.45, 2.75) is 0 Å². The Bertz CT molecular complexity index is 606. The van der Waals surface area contributed by atoms with E-state index < -0.39 is 5.97 Å². The Labute approximate surface area is 103 Å². The molecule has 1 aromatic carbocycles. The van der Waals surface area contributed by atoms with E-state index in [0.717, 1.165) is 5.69 Å². The van der Waals surface area contributed by atoms with Crippen LogP contribution >= 0.6 is 0 Å². The summed E-state index contributed by atoms with van der Waals surface area (Å²) in [6.07, 6.45) is 1.68. The highest BCUT2D eigenvalue weighted by Crippen LogP contribution is 2.33. The Morgan fingerprint density at radius 1 is 1.33 bits per heavy atom. The summed E-state index contributed by atoms with van der Waals surface area (Å²) in [7, 11) is 1.32. The van der Waals surface area contributed by atoms with Crippen LogP contribution in [0.25, 0.3) is 5.69 Å². The van der Waals surface area contributed by atoms with Gasteiger partial charge in [0.25, 0.3) is 0 Å². The lowest BCUT2D eigenvalue weighted by Gasteiger charge is -2.02. The molecule has 0 N–H and O–H groups in total. The molecule has 0 saturated heterocycles. The van der Waals surface area contributed by atoms with Gasteiger partial charge in [-0.2, -0.15) is 5.10 Å². The summed E-state index contributed by atoms with van der Waals surface area (Å²) in [4.78, 5) is 11.3. The Morgan fingerprint density at radius 3 is 3.00 bits per heavy atom. The Balaban J connectivity index is 1.95. The van der Waals surface area contributed by atoms with Gasteiger partial charge in [0.1, 0.15) is 0 Å². The zero-order valence-electron chi connectivity index (χ0n) is 9.62. The van der Waals surface area contributed by atoms with Crippen molar-refractivity contribution < 1.29 is 19.0 Å². The van der Waals surface area contributed by atoms with E-state index in [9.17, 15) is 4.79 Å². The minimum atomic E-state index is -0.463. The van der Waals surface area contributed by atoms with Crippen LogP contribution in [0.3, 0.4) is 0 Å². The van der Waals surface area contributed by atoms with Gasteiger partial charge in [-0.15, -0.1) is 0 Å². The molecule has 0 saturated carbocycles. The van der Waals surface area contributed by atoms with E-state index in [1.807, 2.05) is 6.07 Å². The first-order valence-corrected chi connectivity index (χ1v) is 5.32. The predicted octanol–water partition coefficient (Wildman–Crippen LogP) is 1.39. The van der Waals surface area contributed by atoms with Gasteiger partial charge in [-0.1, -0.05) is 0 Å². The number of hydrogen-bond donors (Lipinski definition) is 0. The number of aromatic nitrogens is 2. The minimum absolute atomic E-state index is 0.227. The highest BCUT2D eigenvalue weighted by atomic mass is 16.7. The van der Waals surface area contributed by atoms with Crippen molar-refractivity contribution in [1.29, 1.82) is 0 Å². The third-order valence-electron chi connectivity index (χ3n) is 2.60. The van der Waals surface area contributed by atoms with Crippen molar-refractivity contribution >= 4 is 5.97 Å². The van der Waals surface area contributed by atoms with Crippen LogP contribution < -0.4 is 9.47 Å². The molecular formula is C12H10N2O4. The van der Waals surface area contributed by atoms with Crippen molar-refractivity contribution in [3.05, 3.63) is 36.2 Å². The van der Waals surface area contributed by atoms with Crippen molar-refractivity contribution in [2.75, 3.05) is 13.9 Å². The first-order valence-electron chi connectivity index (χ1n) is 5.32. The van der Waals surface area contributed by atoms with Crippen LogP contribution in [0.15, 0.2) is 30.5 Å². The number of fused-ring (bicyclic) bond motifs is 1. The summed E-state index contributed by atoms with van der Waals surface area (Å²) in [5.74, 6) is 0.913. The average molecular weight is 246 g/mol. The molecule has 0 spiro atoms. The number of nitrogens with zero attached hydrogens (tertiary/aromatic N) is 2. The molecule has 1 aliphatic heterocycles. The number of benzene rings is 1. The van der Waals surface area contributed by atoms with Gasteiger partial charge in [0.2, 0.25) is 6.79 Å². The molecule has 0 aliphatic carbocycles. The lowest BCUT2D eigenvalue weighted by molar-refractivity contribution is 0.0593. The molecule has 3 rings (SSSR count). The van der Waals surface area contributed by atoms with Gasteiger partial charge in [0, 0.05) is 12.3 Å². The molecule has 6 nitrogen and oxygen atoms in total. The maximum absolute atomic E-state index is 11.3. The molecule has 2 aromatic rings. The SMILES string of the molecule is COC(=O)c1ccn(-c2ccc3c(c2)OCO3)n1. The summed E-state index contributed by atoms with van der Waals surface area (Å²) in [5.41, 5.74) is 1.05. The van der Waals surface area contributed by atoms with Gasteiger partial charge in [0.05, 0.1) is 12.8 Å². The van der Waals surface area contributed by atoms with Crippen molar-refractivity contribution in [3.63, 3.8) is 0 Å². The number of ether oxygens (including phenoxy) is 3. The first-order chi connectivity index (χ1) is 8.78. The van der Waals surface area contributed by atoms with Crippen LogP contribution in [-0.4, -0.2) is 29.7 Å². The molecule has 1 aromatic heterocycles. The third-order valence-corrected chi connectivity index (χ3v) is 2.60. The van der Waals surface area contributed by atoms with Gasteiger partial charge >= 0.3 is 5.97 Å². The normalized spacial score (nSPS) is 12.5. The number of methoxy groups -OCH3 is 1. The Hall–Kier alpha value is -2.50. The quantitative estimate of drug-likeness (QED) is 0.749. The Morgan fingerprint density at radius 2 is 2.17 bits per heavy atom. The number of carbonyl (C=O) groups excluding carboxylic acids is 1. The fourth-order valence-corrected chi connectivity index (χ4v) is 1.71. The van der Waals surface area contributed by atoms with Gasteiger partial charge in [-0.3, -0.25) is 0 Å². The van der Waals surface area contributed by atoms with Gasteiger partial charge in [-0.25, -0.2) is 9.48 Å². The molecule has 18 heavy (non-hydrogen) atoms. The van der Waals surface area contributed by atoms with E-state index in [2.05, 4.69) is 9.84 Å². The summed E-state index contributed by atoms with van der Waals surface area (Å²) in [5, 5.41) is 4.12. The molecular weight excluding hydrogens is 236 g/mol. The molecule has 0 radical (unpaired) electrons. The van der Waals surface area contributed by atoms with E-state index in [1.165, 1.54) is 7.11 Å². The second-order valence-corrected chi connectivity index (χ2v) is 3.67. The molecule has 0 fully saturated rings. The second kappa shape index (κ2) is 4.06. The second-order valence-electron chi connectivity index (χ2n) is 3.67.